The third-order valence-electron chi connectivity index (χ3n) is 4.39. The van der Waals surface area contributed by atoms with E-state index in [0.29, 0.717) is 19.0 Å². The summed E-state index contributed by atoms with van der Waals surface area (Å²) in [6.07, 6.45) is 1.07. The summed E-state index contributed by atoms with van der Waals surface area (Å²) in [6.45, 7) is 6.23. The van der Waals surface area contributed by atoms with Crippen molar-refractivity contribution in [3.63, 3.8) is 0 Å². The van der Waals surface area contributed by atoms with Gasteiger partial charge in [0.05, 0.1) is 7.11 Å². The van der Waals surface area contributed by atoms with Gasteiger partial charge in [-0.15, -0.1) is 0 Å². The number of nitrogens with one attached hydrogen (secondary N) is 1. The van der Waals surface area contributed by atoms with Gasteiger partial charge in [-0.2, -0.15) is 0 Å². The minimum Gasteiger partial charge on any atom is -0.493 e. The average Bonchev–Trinajstić information content (AvgIpc) is 2.65. The summed E-state index contributed by atoms with van der Waals surface area (Å²) in [4.78, 5) is 0. The van der Waals surface area contributed by atoms with Crippen molar-refractivity contribution in [3.8, 4) is 17.2 Å². The summed E-state index contributed by atoms with van der Waals surface area (Å²) in [5.74, 6) is 2.19. The normalized spacial score (nSPS) is 14.3. The number of fused-ring (bicyclic) bond motifs is 1. The largest absolute Gasteiger partial charge is 0.493 e. The highest BCUT2D eigenvalue weighted by molar-refractivity contribution is 5.54. The van der Waals surface area contributed by atoms with Crippen LogP contribution in [0.15, 0.2) is 36.4 Å². The van der Waals surface area contributed by atoms with Gasteiger partial charge < -0.3 is 19.5 Å². The SMILES string of the molecule is CCc1ccc(C(C)NCc2cc(OC)c3c(c2)OCCO3)cc1. The fraction of sp³-hybridized carbons (Fsp3) is 0.400. The zero-order valence-corrected chi connectivity index (χ0v) is 14.6. The van der Waals surface area contributed by atoms with E-state index in [1.165, 1.54) is 11.1 Å². The highest BCUT2D eigenvalue weighted by atomic mass is 16.6. The predicted molar refractivity (Wildman–Crippen MR) is 95.1 cm³/mol. The van der Waals surface area contributed by atoms with Crippen LogP contribution in [0.25, 0.3) is 0 Å². The molecule has 4 nitrogen and oxygen atoms in total. The lowest BCUT2D eigenvalue weighted by atomic mass is 10.0. The molecule has 0 saturated carbocycles. The van der Waals surface area contributed by atoms with E-state index >= 15 is 0 Å². The second-order valence-corrected chi connectivity index (χ2v) is 6.02. The molecule has 1 heterocycles. The standard InChI is InChI=1S/C20H25NO3/c1-4-15-5-7-17(8-6-15)14(2)21-13-16-11-18(22-3)20-19(12-16)23-9-10-24-20/h5-8,11-12,14,21H,4,9-10,13H2,1-3H3. The van der Waals surface area contributed by atoms with Gasteiger partial charge in [0, 0.05) is 12.6 Å². The van der Waals surface area contributed by atoms with Crippen molar-refractivity contribution in [1.29, 1.82) is 0 Å². The molecule has 1 atom stereocenters. The van der Waals surface area contributed by atoms with E-state index in [-0.39, 0.29) is 6.04 Å². The number of ether oxygens (including phenoxy) is 3. The average molecular weight is 327 g/mol. The van der Waals surface area contributed by atoms with Crippen LogP contribution in [0, 0.1) is 0 Å². The van der Waals surface area contributed by atoms with Crippen LogP contribution in [0.3, 0.4) is 0 Å². The molecule has 3 rings (SSSR count). The number of benzene rings is 2. The first kappa shape index (κ1) is 16.7. The molecule has 0 bridgehead atoms. The first-order valence-corrected chi connectivity index (χ1v) is 8.50. The van der Waals surface area contributed by atoms with E-state index in [1.54, 1.807) is 7.11 Å². The number of methoxy groups -OCH3 is 1. The third-order valence-corrected chi connectivity index (χ3v) is 4.39. The molecule has 0 spiro atoms. The Labute approximate surface area is 143 Å². The maximum atomic E-state index is 5.69. The molecular weight excluding hydrogens is 302 g/mol. The van der Waals surface area contributed by atoms with Gasteiger partial charge in [-0.25, -0.2) is 0 Å². The second-order valence-electron chi connectivity index (χ2n) is 6.02. The molecule has 0 saturated heterocycles. The van der Waals surface area contributed by atoms with E-state index in [0.717, 1.165) is 30.0 Å². The lowest BCUT2D eigenvalue weighted by molar-refractivity contribution is 0.165. The van der Waals surface area contributed by atoms with Crippen LogP contribution in [-0.4, -0.2) is 20.3 Å². The van der Waals surface area contributed by atoms with E-state index in [4.69, 9.17) is 14.2 Å². The second kappa shape index (κ2) is 7.58. The molecule has 1 aliphatic rings. The molecule has 0 fully saturated rings. The van der Waals surface area contributed by atoms with Crippen LogP contribution in [0.4, 0.5) is 0 Å². The van der Waals surface area contributed by atoms with Crippen LogP contribution < -0.4 is 19.5 Å². The Hall–Kier alpha value is -2.20. The van der Waals surface area contributed by atoms with Crippen molar-refractivity contribution in [2.45, 2.75) is 32.9 Å². The first-order valence-electron chi connectivity index (χ1n) is 8.50. The highest BCUT2D eigenvalue weighted by Crippen LogP contribution is 2.40. The molecule has 24 heavy (non-hydrogen) atoms. The van der Waals surface area contributed by atoms with Gasteiger partial charge >= 0.3 is 0 Å². The van der Waals surface area contributed by atoms with Crippen molar-refractivity contribution >= 4 is 0 Å². The number of hydrogen-bond donors (Lipinski definition) is 1. The smallest absolute Gasteiger partial charge is 0.203 e. The molecule has 0 radical (unpaired) electrons. The Bertz CT molecular complexity index is 665. The molecular formula is C20H25NO3. The van der Waals surface area contributed by atoms with Gasteiger partial charge in [-0.05, 0) is 42.2 Å². The van der Waals surface area contributed by atoms with Crippen LogP contribution in [0.1, 0.15) is 36.6 Å². The number of hydrogen-bond acceptors (Lipinski definition) is 4. The molecule has 2 aromatic rings. The Morgan fingerprint density at radius 2 is 1.83 bits per heavy atom. The van der Waals surface area contributed by atoms with Crippen molar-refractivity contribution < 1.29 is 14.2 Å². The predicted octanol–water partition coefficient (Wildman–Crippen LogP) is 3.88. The maximum Gasteiger partial charge on any atom is 0.203 e. The molecule has 0 aliphatic carbocycles. The highest BCUT2D eigenvalue weighted by Gasteiger charge is 2.18. The Balaban J connectivity index is 1.69. The quantitative estimate of drug-likeness (QED) is 0.874. The third kappa shape index (κ3) is 3.65. The molecule has 1 aliphatic heterocycles. The van der Waals surface area contributed by atoms with E-state index < -0.39 is 0 Å². The number of rotatable bonds is 6. The van der Waals surface area contributed by atoms with Gasteiger partial charge in [0.25, 0.3) is 0 Å². The maximum absolute atomic E-state index is 5.69. The Morgan fingerprint density at radius 1 is 1.08 bits per heavy atom. The van der Waals surface area contributed by atoms with Crippen molar-refractivity contribution in [3.05, 3.63) is 53.1 Å². The summed E-state index contributed by atoms with van der Waals surface area (Å²) in [7, 11) is 1.66. The van der Waals surface area contributed by atoms with Gasteiger partial charge in [-0.3, -0.25) is 0 Å². The van der Waals surface area contributed by atoms with Crippen molar-refractivity contribution in [2.75, 3.05) is 20.3 Å². The van der Waals surface area contributed by atoms with Crippen molar-refractivity contribution in [1.82, 2.24) is 5.32 Å². The molecule has 1 N–H and O–H groups in total. The molecule has 0 amide bonds. The first-order chi connectivity index (χ1) is 11.7. The fourth-order valence-electron chi connectivity index (χ4n) is 2.86. The van der Waals surface area contributed by atoms with E-state index in [2.05, 4.69) is 43.4 Å². The molecule has 128 valence electrons. The summed E-state index contributed by atoms with van der Waals surface area (Å²) >= 11 is 0. The number of aryl methyl sites for hydroxylation is 1. The van der Waals surface area contributed by atoms with Gasteiger partial charge in [-0.1, -0.05) is 31.2 Å². The van der Waals surface area contributed by atoms with Crippen molar-refractivity contribution in [2.24, 2.45) is 0 Å². The molecule has 4 heteroatoms. The Kier molecular flexibility index (Phi) is 5.26. The zero-order chi connectivity index (χ0) is 16.9. The van der Waals surface area contributed by atoms with Crippen LogP contribution in [-0.2, 0) is 13.0 Å². The molecule has 2 aromatic carbocycles. The Morgan fingerprint density at radius 3 is 2.54 bits per heavy atom. The fourth-order valence-corrected chi connectivity index (χ4v) is 2.86. The minimum absolute atomic E-state index is 0.273. The minimum atomic E-state index is 0.273. The zero-order valence-electron chi connectivity index (χ0n) is 14.6. The van der Waals surface area contributed by atoms with E-state index in [1.807, 2.05) is 12.1 Å². The van der Waals surface area contributed by atoms with Gasteiger partial charge in [0.15, 0.2) is 11.5 Å². The van der Waals surface area contributed by atoms with Crippen LogP contribution >= 0.6 is 0 Å². The van der Waals surface area contributed by atoms with Crippen LogP contribution in [0.5, 0.6) is 17.2 Å². The molecule has 0 aromatic heterocycles. The lowest BCUT2D eigenvalue weighted by Crippen LogP contribution is -2.19. The van der Waals surface area contributed by atoms with Gasteiger partial charge in [0.2, 0.25) is 5.75 Å². The van der Waals surface area contributed by atoms with Crippen LogP contribution in [0.2, 0.25) is 0 Å². The summed E-state index contributed by atoms with van der Waals surface area (Å²) in [5.41, 5.74) is 3.77. The lowest BCUT2D eigenvalue weighted by Gasteiger charge is -2.22. The summed E-state index contributed by atoms with van der Waals surface area (Å²) in [5, 5.41) is 3.56. The monoisotopic (exact) mass is 327 g/mol. The summed E-state index contributed by atoms with van der Waals surface area (Å²) in [6, 6.07) is 13.1. The summed E-state index contributed by atoms with van der Waals surface area (Å²) < 4.78 is 16.8. The van der Waals surface area contributed by atoms with Gasteiger partial charge in [0.1, 0.15) is 13.2 Å². The molecule has 1 unspecified atom stereocenters. The topological polar surface area (TPSA) is 39.7 Å². The van der Waals surface area contributed by atoms with E-state index in [9.17, 15) is 0 Å².